The lowest BCUT2D eigenvalue weighted by Crippen LogP contribution is -2.64. The third-order valence-corrected chi connectivity index (χ3v) is 19.5. The topological polar surface area (TPSA) is 259 Å². The van der Waals surface area contributed by atoms with Crippen LogP contribution >= 0.6 is 11.6 Å². The molecular weight excluding hydrogens is 1200 g/mol. The molecule has 4 N–H and O–H groups in total. The van der Waals surface area contributed by atoms with Crippen molar-refractivity contribution in [3.63, 3.8) is 0 Å². The van der Waals surface area contributed by atoms with Gasteiger partial charge in [-0.3, -0.25) is 52.7 Å². The molecule has 2 aromatic rings. The van der Waals surface area contributed by atoms with Crippen LogP contribution in [0.15, 0.2) is 42.5 Å². The van der Waals surface area contributed by atoms with Gasteiger partial charge in [0.15, 0.2) is 0 Å². The van der Waals surface area contributed by atoms with E-state index in [4.69, 9.17) is 11.6 Å². The third kappa shape index (κ3) is 17.8. The number of nitrogens with one attached hydrogen (secondary N) is 4. The minimum absolute atomic E-state index is 0.0475. The standard InChI is InChI=1S/C65H93ClF3N11O11/c1-13-39(3)54-62(90)75(8)36-52(82)74(7)37-53(83)78(11)50(35-44-24-22-38(2)23-25-44)61(89)77(10)42(6)56(84)71-48(29-27-43-26-28-46(47(66)34-43)65(67,68)69)60(88)80-32-18-21-49(80)58(86)73-64(30-16-17-31-64)63(91)79(12)55(45-19-14-15-20-45)59(87)70-40(4)33-51(81)76(9)41(5)57(85)72-54/h22-26,28,34,39-42,45,48-50,54-55H,13-21,27,29-33,35-37H2,1-12H3,(H,70,87)(H,71,84)(H,72,85)(H,73,86)/t39-,40+,41-,42+,48-,49-,50-,54-,55-/m0/s1. The minimum Gasteiger partial charge on any atom is -0.351 e. The van der Waals surface area contributed by atoms with Gasteiger partial charge in [0.1, 0.15) is 47.8 Å². The van der Waals surface area contributed by atoms with E-state index in [9.17, 15) is 56.3 Å². The first kappa shape index (κ1) is 72.7. The van der Waals surface area contributed by atoms with Gasteiger partial charge in [-0.1, -0.05) is 93.4 Å². The molecule has 91 heavy (non-hydrogen) atoms. The van der Waals surface area contributed by atoms with Crippen LogP contribution in [0.5, 0.6) is 0 Å². The average Bonchev–Trinajstić information content (AvgIpc) is 1.80. The summed E-state index contributed by atoms with van der Waals surface area (Å²) in [6.45, 7) is 8.96. The SMILES string of the molecule is CC[C@H](C)[C@@H]1NC(=O)[C@H](C)N(C)C(=O)C[C@@H](C)NC(=O)[C@H](C2CCCC2)N(C)C(=O)C2(CCCC2)NC(=O)[C@@H]2CCCN2C(=O)[C@H](CCc2ccc(C(F)(F)F)c(Cl)c2)NC(=O)[C@@H](C)N(C)C(=O)[C@H](Cc2ccc(C)cc2)N(C)C(=O)CN(C)C(=O)CN(C)C1=O. The van der Waals surface area contributed by atoms with Crippen molar-refractivity contribution in [2.24, 2.45) is 11.8 Å². The van der Waals surface area contributed by atoms with Gasteiger partial charge < -0.3 is 55.6 Å². The summed E-state index contributed by atoms with van der Waals surface area (Å²) in [5, 5.41) is 11.0. The lowest BCUT2D eigenvalue weighted by molar-refractivity contribution is -0.150. The normalized spacial score (nSPS) is 26.7. The number of carbonyl (C=O) groups is 11. The Labute approximate surface area is 537 Å². The molecule has 9 atom stereocenters. The van der Waals surface area contributed by atoms with Gasteiger partial charge in [0.25, 0.3) is 0 Å². The van der Waals surface area contributed by atoms with E-state index in [2.05, 4.69) is 21.3 Å². The Bertz CT molecular complexity index is 3010. The van der Waals surface area contributed by atoms with Crippen LogP contribution in [-0.2, 0) is 71.8 Å². The zero-order valence-corrected chi connectivity index (χ0v) is 55.4. The summed E-state index contributed by atoms with van der Waals surface area (Å²) >= 11 is 6.13. The van der Waals surface area contributed by atoms with Gasteiger partial charge in [-0.2, -0.15) is 13.2 Å². The molecule has 502 valence electrons. The molecule has 2 saturated carbocycles. The Balaban J connectivity index is 1.38. The fourth-order valence-electron chi connectivity index (χ4n) is 12.7. The summed E-state index contributed by atoms with van der Waals surface area (Å²) in [5.41, 5.74) is -0.699. The fraction of sp³-hybridized carbons (Fsp3) is 0.646. The van der Waals surface area contributed by atoms with E-state index in [-0.39, 0.29) is 57.4 Å². The van der Waals surface area contributed by atoms with Crippen molar-refractivity contribution in [2.45, 2.75) is 198 Å². The van der Waals surface area contributed by atoms with Crippen LogP contribution in [0.25, 0.3) is 0 Å². The number of amides is 11. The van der Waals surface area contributed by atoms with Gasteiger partial charge in [0, 0.05) is 67.7 Å². The van der Waals surface area contributed by atoms with E-state index in [0.29, 0.717) is 49.7 Å². The fourth-order valence-corrected chi connectivity index (χ4v) is 13.0. The largest absolute Gasteiger partial charge is 0.417 e. The Morgan fingerprint density at radius 3 is 1.84 bits per heavy atom. The first-order valence-electron chi connectivity index (χ1n) is 31.7. The number of likely N-dealkylation sites (N-methyl/N-ethyl adjacent to an activating group) is 6. The number of aryl methyl sites for hydroxylation is 2. The van der Waals surface area contributed by atoms with Crippen molar-refractivity contribution in [1.82, 2.24) is 55.6 Å². The summed E-state index contributed by atoms with van der Waals surface area (Å²) < 4.78 is 41.4. The molecular formula is C65H93ClF3N11O11. The molecule has 6 rings (SSSR count). The molecule has 0 unspecified atom stereocenters. The summed E-state index contributed by atoms with van der Waals surface area (Å²) in [5.74, 6) is -7.77. The summed E-state index contributed by atoms with van der Waals surface area (Å²) in [6, 6.07) is 1.10. The molecule has 4 aliphatic rings. The second-order valence-corrected chi connectivity index (χ2v) is 26.1. The number of fused-ring (bicyclic) bond motifs is 1. The third-order valence-electron chi connectivity index (χ3n) is 19.1. The highest BCUT2D eigenvalue weighted by molar-refractivity contribution is 6.31. The number of hydrogen-bond donors (Lipinski definition) is 4. The van der Waals surface area contributed by atoms with E-state index in [1.54, 1.807) is 26.0 Å². The van der Waals surface area contributed by atoms with E-state index < -0.39 is 155 Å². The molecule has 0 radical (unpaired) electrons. The molecule has 2 aliphatic carbocycles. The number of halogens is 4. The highest BCUT2D eigenvalue weighted by atomic mass is 35.5. The van der Waals surface area contributed by atoms with Gasteiger partial charge in [-0.25, -0.2) is 0 Å². The molecule has 22 nitrogen and oxygen atoms in total. The van der Waals surface area contributed by atoms with Gasteiger partial charge in [0.05, 0.1) is 23.7 Å². The van der Waals surface area contributed by atoms with Crippen molar-refractivity contribution in [2.75, 3.05) is 61.9 Å². The van der Waals surface area contributed by atoms with Crippen molar-refractivity contribution >= 4 is 76.6 Å². The van der Waals surface area contributed by atoms with Crippen molar-refractivity contribution in [3.05, 3.63) is 69.7 Å². The number of nitrogens with zero attached hydrogens (tertiary/aromatic N) is 7. The average molecular weight is 1300 g/mol. The monoisotopic (exact) mass is 1300 g/mol. The highest BCUT2D eigenvalue weighted by Gasteiger charge is 2.50. The van der Waals surface area contributed by atoms with E-state index >= 15 is 9.59 Å². The second-order valence-electron chi connectivity index (χ2n) is 25.7. The van der Waals surface area contributed by atoms with Gasteiger partial charge >= 0.3 is 6.18 Å². The lowest BCUT2D eigenvalue weighted by Gasteiger charge is -2.40. The van der Waals surface area contributed by atoms with E-state index in [1.165, 1.54) is 76.9 Å². The summed E-state index contributed by atoms with van der Waals surface area (Å²) in [4.78, 5) is 168. The maximum absolute atomic E-state index is 15.2. The van der Waals surface area contributed by atoms with Crippen molar-refractivity contribution in [1.29, 1.82) is 0 Å². The lowest BCUT2D eigenvalue weighted by atomic mass is 9.90. The minimum atomic E-state index is -4.75. The van der Waals surface area contributed by atoms with E-state index in [0.717, 1.165) is 50.1 Å². The van der Waals surface area contributed by atoms with Crippen molar-refractivity contribution in [3.8, 4) is 0 Å². The Kier molecular flexibility index (Phi) is 25.1. The Morgan fingerprint density at radius 1 is 0.637 bits per heavy atom. The first-order chi connectivity index (χ1) is 42.7. The molecule has 2 saturated heterocycles. The smallest absolute Gasteiger partial charge is 0.351 e. The quantitative estimate of drug-likeness (QED) is 0.283. The van der Waals surface area contributed by atoms with Crippen LogP contribution < -0.4 is 21.3 Å². The first-order valence-corrected chi connectivity index (χ1v) is 32.1. The molecule has 26 heteroatoms. The zero-order valence-electron chi connectivity index (χ0n) is 54.7. The van der Waals surface area contributed by atoms with Crippen LogP contribution in [0.3, 0.4) is 0 Å². The zero-order chi connectivity index (χ0) is 67.6. The number of hydrogen-bond acceptors (Lipinski definition) is 11. The molecule has 4 fully saturated rings. The molecule has 0 bridgehead atoms. The van der Waals surface area contributed by atoms with Crippen LogP contribution in [0.2, 0.25) is 5.02 Å². The predicted molar refractivity (Wildman–Crippen MR) is 334 cm³/mol. The van der Waals surface area contributed by atoms with E-state index in [1.807, 2.05) is 26.0 Å². The molecule has 2 heterocycles. The maximum Gasteiger partial charge on any atom is 0.417 e. The molecule has 11 amide bonds. The number of carbonyl (C=O) groups excluding carboxylic acids is 11. The van der Waals surface area contributed by atoms with Crippen LogP contribution in [0.4, 0.5) is 13.2 Å². The summed E-state index contributed by atoms with van der Waals surface area (Å²) in [7, 11) is 8.41. The number of alkyl halides is 3. The molecule has 1 spiro atoms. The Hall–Kier alpha value is -7.31. The second kappa shape index (κ2) is 31.3. The molecule has 0 aromatic heterocycles. The number of rotatable bonds is 8. The van der Waals surface area contributed by atoms with Gasteiger partial charge in [-0.05, 0) is 114 Å². The van der Waals surface area contributed by atoms with Gasteiger partial charge in [0.2, 0.25) is 65.0 Å². The van der Waals surface area contributed by atoms with Crippen LogP contribution in [-0.4, -0.2) is 215 Å². The van der Waals surface area contributed by atoms with Crippen LogP contribution in [0, 0.1) is 18.8 Å². The summed E-state index contributed by atoms with van der Waals surface area (Å²) in [6.07, 6.45) is 0.00980. The Morgan fingerprint density at radius 2 is 1.23 bits per heavy atom. The van der Waals surface area contributed by atoms with Crippen LogP contribution in [0.1, 0.15) is 140 Å². The van der Waals surface area contributed by atoms with Gasteiger partial charge in [-0.15, -0.1) is 0 Å². The maximum atomic E-state index is 15.2. The predicted octanol–water partition coefficient (Wildman–Crippen LogP) is 4.64. The highest BCUT2D eigenvalue weighted by Crippen LogP contribution is 2.38. The van der Waals surface area contributed by atoms with Crippen molar-refractivity contribution < 1.29 is 65.9 Å². The molecule has 2 aromatic carbocycles. The molecule has 2 aliphatic heterocycles. The number of benzene rings is 2.